The lowest BCUT2D eigenvalue weighted by Crippen LogP contribution is -2.13. The van der Waals surface area contributed by atoms with E-state index in [-0.39, 0.29) is 5.78 Å². The zero-order valence-electron chi connectivity index (χ0n) is 13.5. The van der Waals surface area contributed by atoms with Gasteiger partial charge < -0.3 is 0 Å². The van der Waals surface area contributed by atoms with Crippen LogP contribution in [0.2, 0.25) is 0 Å². The Morgan fingerprint density at radius 2 is 1.33 bits per heavy atom. The van der Waals surface area contributed by atoms with Gasteiger partial charge in [0.15, 0.2) is 0 Å². The largest absolute Gasteiger partial charge is 0.285 e. The number of ketones is 1. The summed E-state index contributed by atoms with van der Waals surface area (Å²) < 4.78 is 3.49. The van der Waals surface area contributed by atoms with Crippen molar-refractivity contribution in [1.82, 2.24) is 28.7 Å². The van der Waals surface area contributed by atoms with Crippen molar-refractivity contribution in [2.24, 2.45) is 0 Å². The number of imidazole rings is 2. The number of aryl methyl sites for hydroxylation is 2. The Balaban J connectivity index is 2.01. The van der Waals surface area contributed by atoms with Gasteiger partial charge in [-0.2, -0.15) is 0 Å². The first-order valence-corrected chi connectivity index (χ1v) is 7.93. The third kappa shape index (κ3) is 2.01. The van der Waals surface area contributed by atoms with Crippen LogP contribution >= 0.6 is 0 Å². The normalized spacial score (nSPS) is 11.4. The highest BCUT2D eigenvalue weighted by Crippen LogP contribution is 2.20. The van der Waals surface area contributed by atoms with E-state index in [0.717, 1.165) is 11.4 Å². The second kappa shape index (κ2) is 5.52. The molecular weight excluding hydrogens is 304 g/mol. The molecule has 4 rings (SSSR count). The molecule has 0 amide bonds. The Morgan fingerprint density at radius 1 is 0.875 bits per heavy atom. The number of fused-ring (bicyclic) bond motifs is 2. The minimum Gasteiger partial charge on any atom is -0.285 e. The number of hydrogen-bond donors (Lipinski definition) is 0. The Bertz CT molecular complexity index is 978. The molecule has 0 aliphatic rings. The summed E-state index contributed by atoms with van der Waals surface area (Å²) in [5.74, 6) is 0.954. The van der Waals surface area contributed by atoms with Crippen LogP contribution in [0.4, 0.5) is 0 Å². The first-order chi connectivity index (χ1) is 11.7. The molecule has 0 aromatic carbocycles. The van der Waals surface area contributed by atoms with Gasteiger partial charge in [-0.3, -0.25) is 13.6 Å². The second-order valence-electron chi connectivity index (χ2n) is 5.43. The summed E-state index contributed by atoms with van der Waals surface area (Å²) >= 11 is 0. The summed E-state index contributed by atoms with van der Waals surface area (Å²) in [5, 5.41) is 0. The number of hydrogen-bond acceptors (Lipinski definition) is 5. The summed E-state index contributed by atoms with van der Waals surface area (Å²) in [6.45, 7) is 3.96. The third-order valence-electron chi connectivity index (χ3n) is 4.05. The molecule has 0 saturated carbocycles. The van der Waals surface area contributed by atoms with Gasteiger partial charge in [-0.15, -0.1) is 0 Å². The SMILES string of the molecule is CCc1nc2ncccn2c1C(=O)c1c(CC)nc2ncccn12. The topological polar surface area (TPSA) is 77.5 Å². The van der Waals surface area contributed by atoms with Crippen molar-refractivity contribution in [3.8, 4) is 0 Å². The van der Waals surface area contributed by atoms with Crippen molar-refractivity contribution in [2.45, 2.75) is 26.7 Å². The smallest absolute Gasteiger partial charge is 0.234 e. The molecule has 0 saturated heterocycles. The van der Waals surface area contributed by atoms with Crippen molar-refractivity contribution >= 4 is 17.3 Å². The lowest BCUT2D eigenvalue weighted by atomic mass is 10.1. The predicted molar refractivity (Wildman–Crippen MR) is 88.2 cm³/mol. The van der Waals surface area contributed by atoms with Crippen LogP contribution in [0.3, 0.4) is 0 Å². The summed E-state index contributed by atoms with van der Waals surface area (Å²) in [7, 11) is 0. The summed E-state index contributed by atoms with van der Waals surface area (Å²) in [6.07, 6.45) is 8.28. The summed E-state index contributed by atoms with van der Waals surface area (Å²) in [6, 6.07) is 3.59. The van der Waals surface area contributed by atoms with Crippen LogP contribution in [0.25, 0.3) is 11.6 Å². The summed E-state index contributed by atoms with van der Waals surface area (Å²) in [4.78, 5) is 30.8. The van der Waals surface area contributed by atoms with E-state index < -0.39 is 0 Å². The Kier molecular flexibility index (Phi) is 3.34. The molecule has 7 nitrogen and oxygen atoms in total. The molecule has 4 aromatic heterocycles. The van der Waals surface area contributed by atoms with Gasteiger partial charge in [-0.1, -0.05) is 13.8 Å². The van der Waals surface area contributed by atoms with Gasteiger partial charge in [0, 0.05) is 24.8 Å². The lowest BCUT2D eigenvalue weighted by molar-refractivity contribution is 0.102. The van der Waals surface area contributed by atoms with Crippen LogP contribution in [0.5, 0.6) is 0 Å². The second-order valence-corrected chi connectivity index (χ2v) is 5.43. The average molecular weight is 320 g/mol. The molecule has 0 N–H and O–H groups in total. The third-order valence-corrected chi connectivity index (χ3v) is 4.05. The first-order valence-electron chi connectivity index (χ1n) is 7.93. The molecule has 120 valence electrons. The van der Waals surface area contributed by atoms with E-state index in [1.807, 2.05) is 26.2 Å². The van der Waals surface area contributed by atoms with Crippen molar-refractivity contribution in [3.05, 3.63) is 59.7 Å². The summed E-state index contributed by atoms with van der Waals surface area (Å²) in [5.41, 5.74) is 2.56. The maximum absolute atomic E-state index is 13.4. The molecule has 0 aliphatic carbocycles. The monoisotopic (exact) mass is 320 g/mol. The van der Waals surface area contributed by atoms with Gasteiger partial charge in [0.2, 0.25) is 17.3 Å². The van der Waals surface area contributed by atoms with E-state index in [2.05, 4.69) is 19.9 Å². The maximum Gasteiger partial charge on any atom is 0.234 e. The average Bonchev–Trinajstić information content (AvgIpc) is 3.18. The molecule has 0 unspecified atom stereocenters. The van der Waals surface area contributed by atoms with Crippen molar-refractivity contribution in [2.75, 3.05) is 0 Å². The first kappa shape index (κ1) is 14.5. The highest BCUT2D eigenvalue weighted by molar-refractivity contribution is 6.09. The fraction of sp³-hybridized carbons (Fsp3) is 0.235. The Morgan fingerprint density at radius 3 is 1.75 bits per heavy atom. The number of carbonyl (C=O) groups excluding carboxylic acids is 1. The highest BCUT2D eigenvalue weighted by Gasteiger charge is 2.26. The van der Waals surface area contributed by atoms with Crippen LogP contribution in [-0.2, 0) is 12.8 Å². The van der Waals surface area contributed by atoms with Gasteiger partial charge in [0.05, 0.1) is 11.4 Å². The molecule has 0 spiro atoms. The van der Waals surface area contributed by atoms with Crippen molar-refractivity contribution < 1.29 is 4.79 Å². The molecule has 0 bridgehead atoms. The van der Waals surface area contributed by atoms with Crippen molar-refractivity contribution in [3.63, 3.8) is 0 Å². The van der Waals surface area contributed by atoms with Gasteiger partial charge in [0.25, 0.3) is 0 Å². The maximum atomic E-state index is 13.4. The van der Waals surface area contributed by atoms with Crippen LogP contribution in [0.15, 0.2) is 36.9 Å². The molecule has 0 fully saturated rings. The van der Waals surface area contributed by atoms with E-state index in [9.17, 15) is 4.79 Å². The van der Waals surface area contributed by atoms with Gasteiger partial charge in [-0.25, -0.2) is 19.9 Å². The Hall–Kier alpha value is -3.09. The predicted octanol–water partition coefficient (Wildman–Crippen LogP) is 2.13. The molecule has 4 aromatic rings. The van der Waals surface area contributed by atoms with E-state index >= 15 is 0 Å². The van der Waals surface area contributed by atoms with Gasteiger partial charge >= 0.3 is 0 Å². The quantitative estimate of drug-likeness (QED) is 0.538. The van der Waals surface area contributed by atoms with Crippen LogP contribution in [-0.4, -0.2) is 34.5 Å². The van der Waals surface area contributed by atoms with Crippen molar-refractivity contribution in [1.29, 1.82) is 0 Å². The molecule has 0 atom stereocenters. The molecule has 24 heavy (non-hydrogen) atoms. The van der Waals surface area contributed by atoms with Crippen LogP contribution in [0.1, 0.15) is 41.4 Å². The van der Waals surface area contributed by atoms with Gasteiger partial charge in [-0.05, 0) is 25.0 Å². The standard InChI is InChI=1S/C17H16N6O/c1-3-11-13(22-9-5-7-18-16(22)20-11)15(24)14-12(4-2)21-17-19-8-6-10-23(14)17/h5-10H,3-4H2,1-2H3. The fourth-order valence-electron chi connectivity index (χ4n) is 2.95. The molecular formula is C17H16N6O. The number of carbonyl (C=O) groups is 1. The van der Waals surface area contributed by atoms with E-state index in [1.54, 1.807) is 33.3 Å². The highest BCUT2D eigenvalue weighted by atomic mass is 16.1. The molecule has 4 heterocycles. The molecule has 0 aliphatic heterocycles. The van der Waals surface area contributed by atoms with E-state index in [4.69, 9.17) is 0 Å². The lowest BCUT2D eigenvalue weighted by Gasteiger charge is -2.05. The van der Waals surface area contributed by atoms with E-state index in [0.29, 0.717) is 35.8 Å². The fourth-order valence-corrected chi connectivity index (χ4v) is 2.95. The molecule has 0 radical (unpaired) electrons. The zero-order chi connectivity index (χ0) is 16.7. The van der Waals surface area contributed by atoms with Gasteiger partial charge in [0.1, 0.15) is 11.4 Å². The van der Waals surface area contributed by atoms with E-state index in [1.165, 1.54) is 0 Å². The minimum atomic E-state index is -0.107. The Labute approximate surface area is 138 Å². The molecule has 7 heteroatoms. The minimum absolute atomic E-state index is 0.107. The van der Waals surface area contributed by atoms with Crippen LogP contribution < -0.4 is 0 Å². The van der Waals surface area contributed by atoms with Crippen LogP contribution in [0, 0.1) is 0 Å². The number of rotatable bonds is 4. The zero-order valence-corrected chi connectivity index (χ0v) is 13.5. The number of nitrogens with zero attached hydrogens (tertiary/aromatic N) is 6. The number of aromatic nitrogens is 6.